The first-order valence-electron chi connectivity index (χ1n) is 7.28. The molecule has 0 aliphatic carbocycles. The quantitative estimate of drug-likeness (QED) is 0.857. The average molecular weight is 282 g/mol. The van der Waals surface area contributed by atoms with Gasteiger partial charge in [-0.15, -0.1) is 0 Å². The lowest BCUT2D eigenvalue weighted by Crippen LogP contribution is -2.33. The number of carbonyl (C=O) groups excluding carboxylic acids is 1. The molecule has 2 aromatic rings. The Labute approximate surface area is 126 Å². The minimum atomic E-state index is -0.0835. The third kappa shape index (κ3) is 3.48. The second-order valence-electron chi connectivity index (χ2n) is 5.41. The SMILES string of the molecule is CCN(C(C)=O)C(c1cccnc1)c1cc(C)cc(C)c1. The maximum atomic E-state index is 12.0. The molecule has 1 aromatic heterocycles. The van der Waals surface area contributed by atoms with E-state index < -0.39 is 0 Å². The number of amides is 1. The molecule has 0 fully saturated rings. The number of rotatable bonds is 4. The monoisotopic (exact) mass is 282 g/mol. The molecule has 1 unspecified atom stereocenters. The molecule has 0 saturated heterocycles. The maximum absolute atomic E-state index is 12.0. The molecule has 21 heavy (non-hydrogen) atoms. The topological polar surface area (TPSA) is 33.2 Å². The van der Waals surface area contributed by atoms with E-state index in [-0.39, 0.29) is 11.9 Å². The Balaban J connectivity index is 2.57. The van der Waals surface area contributed by atoms with Crippen molar-refractivity contribution in [2.24, 2.45) is 0 Å². The average Bonchev–Trinajstić information content (AvgIpc) is 2.44. The molecule has 2 rings (SSSR count). The molecule has 0 spiro atoms. The second-order valence-corrected chi connectivity index (χ2v) is 5.41. The molecule has 110 valence electrons. The van der Waals surface area contributed by atoms with Crippen LogP contribution in [0.2, 0.25) is 0 Å². The Morgan fingerprint density at radius 3 is 2.33 bits per heavy atom. The molecular weight excluding hydrogens is 260 g/mol. The van der Waals surface area contributed by atoms with Gasteiger partial charge in [-0.25, -0.2) is 0 Å². The Morgan fingerprint density at radius 1 is 1.19 bits per heavy atom. The Bertz CT molecular complexity index is 602. The predicted molar refractivity (Wildman–Crippen MR) is 85.1 cm³/mol. The lowest BCUT2D eigenvalue weighted by Gasteiger charge is -2.31. The fraction of sp³-hybridized carbons (Fsp3) is 0.333. The number of hydrogen-bond acceptors (Lipinski definition) is 2. The van der Waals surface area contributed by atoms with Crippen LogP contribution in [-0.4, -0.2) is 22.3 Å². The molecule has 0 aliphatic rings. The molecule has 0 N–H and O–H groups in total. The molecule has 0 saturated carbocycles. The summed E-state index contributed by atoms with van der Waals surface area (Å²) in [6.07, 6.45) is 3.60. The number of pyridine rings is 1. The summed E-state index contributed by atoms with van der Waals surface area (Å²) in [7, 11) is 0. The first kappa shape index (κ1) is 15.2. The summed E-state index contributed by atoms with van der Waals surface area (Å²) in [5.41, 5.74) is 4.59. The van der Waals surface area contributed by atoms with Crippen molar-refractivity contribution in [2.45, 2.75) is 33.7 Å². The molecule has 0 aliphatic heterocycles. The van der Waals surface area contributed by atoms with Gasteiger partial charge >= 0.3 is 0 Å². The van der Waals surface area contributed by atoms with Crippen LogP contribution in [0.25, 0.3) is 0 Å². The van der Waals surface area contributed by atoms with Gasteiger partial charge in [0.15, 0.2) is 0 Å². The molecule has 1 amide bonds. The lowest BCUT2D eigenvalue weighted by molar-refractivity contribution is -0.130. The van der Waals surface area contributed by atoms with Crippen LogP contribution in [0.4, 0.5) is 0 Å². The smallest absolute Gasteiger partial charge is 0.220 e. The van der Waals surface area contributed by atoms with Gasteiger partial charge in [-0.3, -0.25) is 9.78 Å². The number of nitrogens with zero attached hydrogens (tertiary/aromatic N) is 2. The van der Waals surface area contributed by atoms with Crippen molar-refractivity contribution in [1.29, 1.82) is 0 Å². The van der Waals surface area contributed by atoms with E-state index in [2.05, 4.69) is 37.0 Å². The normalized spacial score (nSPS) is 12.0. The highest BCUT2D eigenvalue weighted by molar-refractivity contribution is 5.74. The van der Waals surface area contributed by atoms with Crippen molar-refractivity contribution in [2.75, 3.05) is 6.54 Å². The molecule has 0 bridgehead atoms. The van der Waals surface area contributed by atoms with Crippen LogP contribution in [-0.2, 0) is 4.79 Å². The minimum Gasteiger partial charge on any atom is -0.332 e. The Morgan fingerprint density at radius 2 is 1.86 bits per heavy atom. The van der Waals surface area contributed by atoms with Gasteiger partial charge in [0.2, 0.25) is 5.91 Å². The van der Waals surface area contributed by atoms with Crippen LogP contribution in [0, 0.1) is 13.8 Å². The lowest BCUT2D eigenvalue weighted by atomic mass is 9.95. The minimum absolute atomic E-state index is 0.0745. The molecule has 1 aromatic carbocycles. The number of carbonyl (C=O) groups is 1. The van der Waals surface area contributed by atoms with Crippen LogP contribution in [0.5, 0.6) is 0 Å². The summed E-state index contributed by atoms with van der Waals surface area (Å²) in [6, 6.07) is 10.3. The highest BCUT2D eigenvalue weighted by Crippen LogP contribution is 2.29. The van der Waals surface area contributed by atoms with Crippen LogP contribution in [0.15, 0.2) is 42.7 Å². The summed E-state index contributed by atoms with van der Waals surface area (Å²) in [5.74, 6) is 0.0745. The number of aromatic nitrogens is 1. The van der Waals surface area contributed by atoms with Crippen molar-refractivity contribution < 1.29 is 4.79 Å². The number of aryl methyl sites for hydroxylation is 2. The molecule has 3 nitrogen and oxygen atoms in total. The summed E-state index contributed by atoms with van der Waals surface area (Å²) in [5, 5.41) is 0. The molecule has 0 radical (unpaired) electrons. The van der Waals surface area contributed by atoms with Gasteiger partial charge in [-0.2, -0.15) is 0 Å². The van der Waals surface area contributed by atoms with E-state index in [0.29, 0.717) is 6.54 Å². The predicted octanol–water partition coefficient (Wildman–Crippen LogP) is 3.66. The van der Waals surface area contributed by atoms with Crippen molar-refractivity contribution >= 4 is 5.91 Å². The largest absolute Gasteiger partial charge is 0.332 e. The van der Waals surface area contributed by atoms with E-state index >= 15 is 0 Å². The van der Waals surface area contributed by atoms with Gasteiger partial charge in [0.05, 0.1) is 6.04 Å². The zero-order chi connectivity index (χ0) is 15.4. The molecule has 1 atom stereocenters. The van der Waals surface area contributed by atoms with Gasteiger partial charge in [0.1, 0.15) is 0 Å². The fourth-order valence-electron chi connectivity index (χ4n) is 2.84. The Kier molecular flexibility index (Phi) is 4.73. The number of hydrogen-bond donors (Lipinski definition) is 0. The summed E-state index contributed by atoms with van der Waals surface area (Å²) < 4.78 is 0. The number of benzene rings is 1. The van der Waals surface area contributed by atoms with Gasteiger partial charge in [-0.05, 0) is 38.0 Å². The van der Waals surface area contributed by atoms with E-state index in [1.54, 1.807) is 13.1 Å². The van der Waals surface area contributed by atoms with Gasteiger partial charge in [0, 0.05) is 25.9 Å². The van der Waals surface area contributed by atoms with Gasteiger partial charge in [0.25, 0.3) is 0 Å². The summed E-state index contributed by atoms with van der Waals surface area (Å²) in [6.45, 7) is 8.46. The zero-order valence-corrected chi connectivity index (χ0v) is 13.1. The van der Waals surface area contributed by atoms with Crippen molar-refractivity contribution in [1.82, 2.24) is 9.88 Å². The van der Waals surface area contributed by atoms with Gasteiger partial charge in [-0.1, -0.05) is 35.4 Å². The summed E-state index contributed by atoms with van der Waals surface area (Å²) >= 11 is 0. The van der Waals surface area contributed by atoms with E-state index in [1.807, 2.05) is 30.2 Å². The van der Waals surface area contributed by atoms with Crippen LogP contribution < -0.4 is 0 Å². The first-order chi connectivity index (χ1) is 10.0. The summed E-state index contributed by atoms with van der Waals surface area (Å²) in [4.78, 5) is 18.1. The highest BCUT2D eigenvalue weighted by atomic mass is 16.2. The molecule has 3 heteroatoms. The zero-order valence-electron chi connectivity index (χ0n) is 13.1. The molecule has 1 heterocycles. The van der Waals surface area contributed by atoms with Crippen LogP contribution in [0.3, 0.4) is 0 Å². The fourth-order valence-corrected chi connectivity index (χ4v) is 2.84. The van der Waals surface area contributed by atoms with Gasteiger partial charge < -0.3 is 4.90 Å². The van der Waals surface area contributed by atoms with E-state index in [4.69, 9.17) is 0 Å². The third-order valence-corrected chi connectivity index (χ3v) is 3.62. The Hall–Kier alpha value is -2.16. The highest BCUT2D eigenvalue weighted by Gasteiger charge is 2.23. The van der Waals surface area contributed by atoms with Crippen molar-refractivity contribution in [3.05, 3.63) is 65.0 Å². The van der Waals surface area contributed by atoms with E-state index in [0.717, 1.165) is 11.1 Å². The van der Waals surface area contributed by atoms with E-state index in [9.17, 15) is 4.79 Å². The standard InChI is InChI=1S/C18H22N2O/c1-5-20(15(4)21)18(16-7-6-8-19-12-16)17-10-13(2)9-14(3)11-17/h6-12,18H,5H2,1-4H3. The molecular formula is C18H22N2O. The van der Waals surface area contributed by atoms with E-state index in [1.165, 1.54) is 11.1 Å². The van der Waals surface area contributed by atoms with Crippen molar-refractivity contribution in [3.8, 4) is 0 Å². The second kappa shape index (κ2) is 6.53. The van der Waals surface area contributed by atoms with Crippen LogP contribution in [0.1, 0.15) is 42.1 Å². The third-order valence-electron chi connectivity index (χ3n) is 3.62. The van der Waals surface area contributed by atoms with Crippen LogP contribution >= 0.6 is 0 Å². The van der Waals surface area contributed by atoms with Crippen molar-refractivity contribution in [3.63, 3.8) is 0 Å². The maximum Gasteiger partial charge on any atom is 0.220 e. The first-order valence-corrected chi connectivity index (χ1v) is 7.28.